The SMILES string of the molecule is Cc1c(-c2cc3c(s2)CCC(CN)C3)c(F)cc2c(=O)[nH]c(=O)n(C3CC3)c12. The largest absolute Gasteiger partial charge is 0.330 e. The first kappa shape index (κ1) is 17.8. The molecule has 2 aliphatic rings. The standard InChI is InChI=1S/C21H22FN3O2S/c1-10-18(17-7-12-6-11(9-23)2-5-16(12)28-17)15(22)8-14-19(10)25(13-3-4-13)21(27)24-20(14)26/h7-8,11,13H,2-6,9,23H2,1H3,(H,24,26,27). The number of rotatable bonds is 3. The zero-order valence-electron chi connectivity index (χ0n) is 15.7. The topological polar surface area (TPSA) is 80.9 Å². The summed E-state index contributed by atoms with van der Waals surface area (Å²) >= 11 is 1.62. The third-order valence-electron chi connectivity index (χ3n) is 6.10. The van der Waals surface area contributed by atoms with Crippen molar-refractivity contribution in [1.29, 1.82) is 0 Å². The van der Waals surface area contributed by atoms with Crippen molar-refractivity contribution in [1.82, 2.24) is 9.55 Å². The van der Waals surface area contributed by atoms with Crippen LogP contribution in [-0.2, 0) is 12.8 Å². The second-order valence-electron chi connectivity index (χ2n) is 8.02. The predicted octanol–water partition coefficient (Wildman–Crippen LogP) is 3.26. The quantitative estimate of drug-likeness (QED) is 0.709. The second-order valence-corrected chi connectivity index (χ2v) is 9.16. The minimum Gasteiger partial charge on any atom is -0.330 e. The smallest absolute Gasteiger partial charge is 0.329 e. The number of halogens is 1. The molecule has 0 aliphatic heterocycles. The van der Waals surface area contributed by atoms with Crippen LogP contribution in [-0.4, -0.2) is 16.1 Å². The van der Waals surface area contributed by atoms with E-state index in [-0.39, 0.29) is 11.4 Å². The molecule has 0 bridgehead atoms. The number of aromatic amines is 1. The van der Waals surface area contributed by atoms with Crippen LogP contribution in [0.4, 0.5) is 4.39 Å². The van der Waals surface area contributed by atoms with Gasteiger partial charge >= 0.3 is 5.69 Å². The molecule has 1 aromatic carbocycles. The molecule has 3 aromatic rings. The van der Waals surface area contributed by atoms with Gasteiger partial charge in [0.1, 0.15) is 5.82 Å². The summed E-state index contributed by atoms with van der Waals surface area (Å²) < 4.78 is 16.8. The minimum absolute atomic E-state index is 0.0886. The minimum atomic E-state index is -0.526. The Morgan fingerprint density at radius 2 is 2.07 bits per heavy atom. The highest BCUT2D eigenvalue weighted by molar-refractivity contribution is 7.15. The van der Waals surface area contributed by atoms with Gasteiger partial charge < -0.3 is 5.73 Å². The van der Waals surface area contributed by atoms with Crippen LogP contribution < -0.4 is 17.0 Å². The zero-order valence-corrected chi connectivity index (χ0v) is 16.5. The summed E-state index contributed by atoms with van der Waals surface area (Å²) in [4.78, 5) is 29.3. The van der Waals surface area contributed by atoms with E-state index in [4.69, 9.17) is 5.73 Å². The van der Waals surface area contributed by atoms with Crippen molar-refractivity contribution in [3.05, 3.63) is 54.8 Å². The Bertz CT molecular complexity index is 1220. The van der Waals surface area contributed by atoms with Gasteiger partial charge in [-0.25, -0.2) is 9.18 Å². The number of nitrogens with zero attached hydrogens (tertiary/aromatic N) is 1. The van der Waals surface area contributed by atoms with Gasteiger partial charge in [0.15, 0.2) is 0 Å². The number of hydrogen-bond donors (Lipinski definition) is 2. The molecule has 1 saturated carbocycles. The van der Waals surface area contributed by atoms with Crippen molar-refractivity contribution < 1.29 is 4.39 Å². The maximum Gasteiger partial charge on any atom is 0.329 e. The third-order valence-corrected chi connectivity index (χ3v) is 7.35. The average Bonchev–Trinajstić information content (AvgIpc) is 3.41. The number of hydrogen-bond acceptors (Lipinski definition) is 4. The molecule has 0 radical (unpaired) electrons. The molecule has 3 N–H and O–H groups in total. The Morgan fingerprint density at radius 1 is 1.29 bits per heavy atom. The highest BCUT2D eigenvalue weighted by Crippen LogP contribution is 2.42. The summed E-state index contributed by atoms with van der Waals surface area (Å²) in [5, 5.41) is 0.245. The fraction of sp³-hybridized carbons (Fsp3) is 0.429. The van der Waals surface area contributed by atoms with Gasteiger partial charge in [0.05, 0.1) is 10.9 Å². The Labute approximate surface area is 165 Å². The van der Waals surface area contributed by atoms with Gasteiger partial charge in [0, 0.05) is 21.4 Å². The molecule has 2 aliphatic carbocycles. The number of aryl methyl sites for hydroxylation is 2. The molecule has 28 heavy (non-hydrogen) atoms. The van der Waals surface area contributed by atoms with Crippen LogP contribution in [0.5, 0.6) is 0 Å². The lowest BCUT2D eigenvalue weighted by Gasteiger charge is -2.19. The number of nitrogens with two attached hydrogens (primary N) is 1. The molecule has 2 heterocycles. The molecule has 146 valence electrons. The molecule has 1 fully saturated rings. The van der Waals surface area contributed by atoms with E-state index in [9.17, 15) is 9.59 Å². The lowest BCUT2D eigenvalue weighted by atomic mass is 9.88. The molecule has 1 atom stereocenters. The van der Waals surface area contributed by atoms with Gasteiger partial charge in [-0.05, 0) is 74.8 Å². The van der Waals surface area contributed by atoms with Gasteiger partial charge in [0.2, 0.25) is 0 Å². The van der Waals surface area contributed by atoms with Crippen molar-refractivity contribution >= 4 is 22.2 Å². The molecule has 0 amide bonds. The summed E-state index contributed by atoms with van der Waals surface area (Å²) in [6, 6.07) is 3.45. The molecule has 0 saturated heterocycles. The lowest BCUT2D eigenvalue weighted by Crippen LogP contribution is -2.30. The summed E-state index contributed by atoms with van der Waals surface area (Å²) in [5.74, 6) is 0.0709. The monoisotopic (exact) mass is 399 g/mol. The molecule has 7 heteroatoms. The fourth-order valence-electron chi connectivity index (χ4n) is 4.48. The molecular formula is C21H22FN3O2S. The molecular weight excluding hydrogens is 377 g/mol. The van der Waals surface area contributed by atoms with E-state index in [1.54, 1.807) is 15.9 Å². The summed E-state index contributed by atoms with van der Waals surface area (Å²) in [6.45, 7) is 2.49. The van der Waals surface area contributed by atoms with Crippen molar-refractivity contribution in [3.8, 4) is 10.4 Å². The van der Waals surface area contributed by atoms with Crippen LogP contribution in [0.2, 0.25) is 0 Å². The number of H-pyrrole nitrogens is 1. The lowest BCUT2D eigenvalue weighted by molar-refractivity contribution is 0.473. The number of thiophene rings is 1. The van der Waals surface area contributed by atoms with Crippen LogP contribution in [0, 0.1) is 18.7 Å². The second kappa shape index (κ2) is 6.39. The number of aromatic nitrogens is 2. The molecule has 2 aromatic heterocycles. The Morgan fingerprint density at radius 3 is 2.79 bits per heavy atom. The van der Waals surface area contributed by atoms with Gasteiger partial charge in [-0.1, -0.05) is 0 Å². The summed E-state index contributed by atoms with van der Waals surface area (Å²) in [5.41, 5.74) is 7.91. The Kier molecular flexibility index (Phi) is 4.07. The molecule has 5 nitrogen and oxygen atoms in total. The van der Waals surface area contributed by atoms with Crippen LogP contribution in [0.3, 0.4) is 0 Å². The van der Waals surface area contributed by atoms with Gasteiger partial charge in [-0.3, -0.25) is 14.3 Å². The summed E-state index contributed by atoms with van der Waals surface area (Å²) in [7, 11) is 0. The van der Waals surface area contributed by atoms with Crippen molar-refractivity contribution in [3.63, 3.8) is 0 Å². The molecule has 5 rings (SSSR count). The van der Waals surface area contributed by atoms with Gasteiger partial charge in [-0.2, -0.15) is 0 Å². The molecule has 0 spiro atoms. The van der Waals surface area contributed by atoms with Gasteiger partial charge in [-0.15, -0.1) is 11.3 Å². The van der Waals surface area contributed by atoms with Crippen molar-refractivity contribution in [2.24, 2.45) is 11.7 Å². The van der Waals surface area contributed by atoms with E-state index in [0.717, 1.165) is 37.0 Å². The van der Waals surface area contributed by atoms with Crippen LogP contribution in [0.1, 0.15) is 41.3 Å². The van der Waals surface area contributed by atoms with E-state index < -0.39 is 17.1 Å². The highest BCUT2D eigenvalue weighted by Gasteiger charge is 2.29. The highest BCUT2D eigenvalue weighted by atomic mass is 32.1. The van der Waals surface area contributed by atoms with E-state index in [0.29, 0.717) is 29.1 Å². The molecule has 1 unspecified atom stereocenters. The first-order chi connectivity index (χ1) is 13.5. The fourth-order valence-corrected chi connectivity index (χ4v) is 5.80. The predicted molar refractivity (Wildman–Crippen MR) is 110 cm³/mol. The Balaban J connectivity index is 1.75. The first-order valence-electron chi connectivity index (χ1n) is 9.77. The average molecular weight is 399 g/mol. The zero-order chi connectivity index (χ0) is 19.6. The third kappa shape index (κ3) is 2.68. The van der Waals surface area contributed by atoms with Gasteiger partial charge in [0.25, 0.3) is 5.56 Å². The van der Waals surface area contributed by atoms with Crippen LogP contribution >= 0.6 is 11.3 Å². The maximum atomic E-state index is 15.1. The first-order valence-corrected chi connectivity index (χ1v) is 10.6. The number of nitrogens with one attached hydrogen (secondary N) is 1. The van der Waals surface area contributed by atoms with E-state index >= 15 is 4.39 Å². The van der Waals surface area contributed by atoms with Crippen LogP contribution in [0.15, 0.2) is 21.7 Å². The number of fused-ring (bicyclic) bond motifs is 2. The van der Waals surface area contributed by atoms with E-state index in [1.165, 1.54) is 16.5 Å². The van der Waals surface area contributed by atoms with E-state index in [2.05, 4.69) is 11.1 Å². The van der Waals surface area contributed by atoms with Crippen molar-refractivity contribution in [2.75, 3.05) is 6.54 Å². The normalized spacial score (nSPS) is 19.2. The van der Waals surface area contributed by atoms with Crippen LogP contribution in [0.25, 0.3) is 21.3 Å². The maximum absolute atomic E-state index is 15.1. The van der Waals surface area contributed by atoms with Crippen molar-refractivity contribution in [2.45, 2.75) is 45.1 Å². The Hall–Kier alpha value is -2.25. The summed E-state index contributed by atoms with van der Waals surface area (Å²) in [6.07, 6.45) is 4.78. The van der Waals surface area contributed by atoms with E-state index in [1.807, 2.05) is 6.92 Å². The number of benzene rings is 1.